The molecular weight excluding hydrogens is 438 g/mol. The zero-order valence-electron chi connectivity index (χ0n) is 16.2. The lowest BCUT2D eigenvalue weighted by Gasteiger charge is -2.24. The summed E-state index contributed by atoms with van der Waals surface area (Å²) in [5.74, 6) is -5.21. The van der Waals surface area contributed by atoms with Gasteiger partial charge in [0.1, 0.15) is 18.1 Å². The van der Waals surface area contributed by atoms with E-state index in [0.717, 1.165) is 0 Å². The Morgan fingerprint density at radius 3 is 1.77 bits per heavy atom. The summed E-state index contributed by atoms with van der Waals surface area (Å²) in [5, 5.41) is 24.7. The smallest absolute Gasteiger partial charge is 0.327 e. The molecule has 0 aliphatic rings. The van der Waals surface area contributed by atoms with E-state index < -0.39 is 60.2 Å². The number of nitrogens with one attached hydrogen (secondary N) is 3. The molecule has 3 amide bonds. The molecule has 0 fully saturated rings. The van der Waals surface area contributed by atoms with Crippen LogP contribution in [0.3, 0.4) is 0 Å². The second-order valence-electron chi connectivity index (χ2n) is 6.38. The number of aliphatic carboxylic acids is 2. The Morgan fingerprint density at radius 2 is 1.30 bits per heavy atom. The molecule has 0 saturated carbocycles. The van der Waals surface area contributed by atoms with Gasteiger partial charge in [0.25, 0.3) is 0 Å². The number of rotatable bonds is 15. The molecule has 30 heavy (non-hydrogen) atoms. The highest BCUT2D eigenvalue weighted by Crippen LogP contribution is 2.04. The van der Waals surface area contributed by atoms with Gasteiger partial charge < -0.3 is 37.6 Å². The molecule has 0 spiro atoms. The Balaban J connectivity index is 5.17. The van der Waals surface area contributed by atoms with Gasteiger partial charge in [0.15, 0.2) is 0 Å². The first-order valence-corrected chi connectivity index (χ1v) is 10.4. The highest BCUT2D eigenvalue weighted by molar-refractivity contribution is 7.80. The first-order chi connectivity index (χ1) is 14.1. The van der Waals surface area contributed by atoms with Crippen molar-refractivity contribution in [3.63, 3.8) is 0 Å². The average Bonchev–Trinajstić information content (AvgIpc) is 2.68. The number of carboxylic acid groups (broad SMARTS) is 2. The van der Waals surface area contributed by atoms with E-state index in [1.54, 1.807) is 0 Å². The molecule has 0 aliphatic carbocycles. The van der Waals surface area contributed by atoms with Crippen LogP contribution in [0.25, 0.3) is 0 Å². The molecule has 0 aromatic heterocycles. The fourth-order valence-corrected chi connectivity index (χ4v) is 2.75. The molecule has 0 radical (unpaired) electrons. The second kappa shape index (κ2) is 14.9. The number of amides is 3. The SMILES string of the molecule is NCCCCC(NC(=O)C(N)CC(=O)O)C(=O)NC(CS)C(=O)NC(CS)C(=O)O. The van der Waals surface area contributed by atoms with Gasteiger partial charge in [0.2, 0.25) is 17.7 Å². The number of carbonyl (C=O) groups is 5. The summed E-state index contributed by atoms with van der Waals surface area (Å²) < 4.78 is 0. The number of thiol groups is 2. The number of hydrogen-bond acceptors (Lipinski definition) is 9. The van der Waals surface area contributed by atoms with E-state index in [1.165, 1.54) is 0 Å². The molecule has 0 rings (SSSR count). The van der Waals surface area contributed by atoms with Crippen molar-refractivity contribution in [3.05, 3.63) is 0 Å². The van der Waals surface area contributed by atoms with Gasteiger partial charge >= 0.3 is 11.9 Å². The monoisotopic (exact) mass is 467 g/mol. The second-order valence-corrected chi connectivity index (χ2v) is 7.11. The van der Waals surface area contributed by atoms with Gasteiger partial charge in [-0.2, -0.15) is 25.3 Å². The lowest BCUT2D eigenvalue weighted by atomic mass is 10.1. The third-order valence-corrected chi connectivity index (χ3v) is 4.65. The van der Waals surface area contributed by atoms with E-state index >= 15 is 0 Å². The van der Waals surface area contributed by atoms with Crippen LogP contribution in [0.5, 0.6) is 0 Å². The summed E-state index contributed by atoms with van der Waals surface area (Å²) in [6, 6.07) is -4.89. The molecule has 12 nitrogen and oxygen atoms in total. The zero-order chi connectivity index (χ0) is 23.3. The highest BCUT2D eigenvalue weighted by Gasteiger charge is 2.29. The minimum Gasteiger partial charge on any atom is -0.481 e. The first-order valence-electron chi connectivity index (χ1n) is 9.10. The number of nitrogens with two attached hydrogens (primary N) is 2. The molecule has 0 aromatic rings. The third-order valence-electron chi connectivity index (χ3n) is 3.92. The van der Waals surface area contributed by atoms with Crippen molar-refractivity contribution >= 4 is 54.9 Å². The van der Waals surface area contributed by atoms with E-state index in [2.05, 4.69) is 41.2 Å². The number of carboxylic acids is 2. The van der Waals surface area contributed by atoms with Crippen LogP contribution in [0.1, 0.15) is 25.7 Å². The summed E-state index contributed by atoms with van der Waals surface area (Å²) >= 11 is 7.84. The summed E-state index contributed by atoms with van der Waals surface area (Å²) in [5.41, 5.74) is 10.9. The Bertz CT molecular complexity index is 623. The fourth-order valence-electron chi connectivity index (χ4n) is 2.25. The van der Waals surface area contributed by atoms with Crippen LogP contribution in [0.2, 0.25) is 0 Å². The van der Waals surface area contributed by atoms with E-state index in [0.29, 0.717) is 19.4 Å². The van der Waals surface area contributed by atoms with Crippen LogP contribution in [0, 0.1) is 0 Å². The molecule has 172 valence electrons. The Labute approximate surface area is 184 Å². The topological polar surface area (TPSA) is 214 Å². The van der Waals surface area contributed by atoms with Gasteiger partial charge in [-0.3, -0.25) is 19.2 Å². The van der Waals surface area contributed by atoms with Crippen LogP contribution in [-0.4, -0.2) is 82.1 Å². The van der Waals surface area contributed by atoms with E-state index in [4.69, 9.17) is 21.7 Å². The van der Waals surface area contributed by atoms with Crippen LogP contribution >= 0.6 is 25.3 Å². The highest BCUT2D eigenvalue weighted by atomic mass is 32.1. The van der Waals surface area contributed by atoms with Crippen molar-refractivity contribution in [1.29, 1.82) is 0 Å². The summed E-state index contributed by atoms with van der Waals surface area (Å²) in [7, 11) is 0. The Kier molecular flexibility index (Phi) is 13.9. The van der Waals surface area contributed by atoms with Crippen molar-refractivity contribution in [2.75, 3.05) is 18.1 Å². The molecule has 0 heterocycles. The molecule has 4 atom stereocenters. The predicted molar refractivity (Wildman–Crippen MR) is 114 cm³/mol. The Hall–Kier alpha value is -2.03. The van der Waals surface area contributed by atoms with Gasteiger partial charge in [-0.25, -0.2) is 4.79 Å². The zero-order valence-corrected chi connectivity index (χ0v) is 18.0. The lowest BCUT2D eigenvalue weighted by molar-refractivity contribution is -0.141. The summed E-state index contributed by atoms with van der Waals surface area (Å²) in [6.45, 7) is 0.364. The van der Waals surface area contributed by atoms with E-state index in [9.17, 15) is 24.0 Å². The van der Waals surface area contributed by atoms with Crippen molar-refractivity contribution in [2.45, 2.75) is 49.9 Å². The van der Waals surface area contributed by atoms with Crippen molar-refractivity contribution in [3.8, 4) is 0 Å². The molecule has 0 aromatic carbocycles. The van der Waals surface area contributed by atoms with E-state index in [-0.39, 0.29) is 17.9 Å². The van der Waals surface area contributed by atoms with Crippen molar-refractivity contribution < 1.29 is 34.2 Å². The normalized spacial score (nSPS) is 14.7. The molecule has 4 unspecified atom stereocenters. The molecule has 0 saturated heterocycles. The van der Waals surface area contributed by atoms with Crippen LogP contribution in [0.15, 0.2) is 0 Å². The Morgan fingerprint density at radius 1 is 0.800 bits per heavy atom. The van der Waals surface area contributed by atoms with Crippen LogP contribution in [0.4, 0.5) is 0 Å². The third kappa shape index (κ3) is 10.7. The van der Waals surface area contributed by atoms with E-state index in [1.807, 2.05) is 0 Å². The van der Waals surface area contributed by atoms with Gasteiger partial charge in [-0.1, -0.05) is 0 Å². The predicted octanol–water partition coefficient (Wildman–Crippen LogP) is -2.68. The lowest BCUT2D eigenvalue weighted by Crippen LogP contribution is -2.58. The minimum atomic E-state index is -1.36. The maximum Gasteiger partial charge on any atom is 0.327 e. The molecule has 0 aliphatic heterocycles. The van der Waals surface area contributed by atoms with Gasteiger partial charge in [0.05, 0.1) is 12.5 Å². The molecule has 9 N–H and O–H groups in total. The number of carbonyl (C=O) groups excluding carboxylic acids is 3. The summed E-state index contributed by atoms with van der Waals surface area (Å²) in [4.78, 5) is 58.7. The van der Waals surface area contributed by atoms with Crippen molar-refractivity contribution in [1.82, 2.24) is 16.0 Å². The molecular formula is C16H29N5O7S2. The van der Waals surface area contributed by atoms with Crippen LogP contribution < -0.4 is 27.4 Å². The van der Waals surface area contributed by atoms with Gasteiger partial charge in [-0.05, 0) is 25.8 Å². The largest absolute Gasteiger partial charge is 0.481 e. The minimum absolute atomic E-state index is 0.140. The molecule has 0 bridgehead atoms. The standard InChI is InChI=1S/C16H29N5O7S2/c17-4-2-1-3-9(19-13(24)8(18)5-12(22)23)14(25)20-10(6-29)15(26)21-11(7-30)16(27)28/h8-11,29-30H,1-7,17-18H2,(H,19,24)(H,20,25)(H,21,26)(H,22,23)(H,27,28). The van der Waals surface area contributed by atoms with Gasteiger partial charge in [0, 0.05) is 11.5 Å². The summed E-state index contributed by atoms with van der Waals surface area (Å²) in [6.07, 6.45) is 0.593. The fraction of sp³-hybridized carbons (Fsp3) is 0.688. The van der Waals surface area contributed by atoms with Crippen LogP contribution in [-0.2, 0) is 24.0 Å². The average molecular weight is 468 g/mol. The number of unbranched alkanes of at least 4 members (excludes halogenated alkanes) is 1. The first kappa shape index (κ1) is 28.0. The number of hydrogen-bond donors (Lipinski definition) is 9. The van der Waals surface area contributed by atoms with Gasteiger partial charge in [-0.15, -0.1) is 0 Å². The molecule has 14 heteroatoms. The maximum atomic E-state index is 12.6. The quantitative estimate of drug-likeness (QED) is 0.0904. The maximum absolute atomic E-state index is 12.6. The van der Waals surface area contributed by atoms with Crippen molar-refractivity contribution in [2.24, 2.45) is 11.5 Å².